The molecule has 2 aromatic carbocycles. The van der Waals surface area contributed by atoms with Crippen LogP contribution in [-0.4, -0.2) is 30.5 Å². The van der Waals surface area contributed by atoms with Crippen LogP contribution in [0.5, 0.6) is 0 Å². The van der Waals surface area contributed by atoms with Gasteiger partial charge >= 0.3 is 0 Å². The molecule has 156 valence electrons. The van der Waals surface area contributed by atoms with Gasteiger partial charge in [-0.25, -0.2) is 9.07 Å². The van der Waals surface area contributed by atoms with Gasteiger partial charge in [0.2, 0.25) is 5.91 Å². The number of hydrogen-bond donors (Lipinski definition) is 1. The second-order valence-electron chi connectivity index (χ2n) is 7.14. The summed E-state index contributed by atoms with van der Waals surface area (Å²) in [4.78, 5) is 13.4. The van der Waals surface area contributed by atoms with Gasteiger partial charge in [-0.3, -0.25) is 9.00 Å². The van der Waals surface area contributed by atoms with Gasteiger partial charge in [0, 0.05) is 10.5 Å². The van der Waals surface area contributed by atoms with Gasteiger partial charge in [0.1, 0.15) is 22.8 Å². The Kier molecular flexibility index (Phi) is 6.24. The molecule has 0 bridgehead atoms. The largest absolute Gasteiger partial charge is 0.308 e. The van der Waals surface area contributed by atoms with Crippen LogP contribution in [0.25, 0.3) is 11.3 Å². The SMILES string of the molecule is O=C(Nc1c(-c2ccccc2F)nnn1CS(=O)c1ccccc1)C(Cl)C1CCC1. The highest BCUT2D eigenvalue weighted by Gasteiger charge is 2.32. The van der Waals surface area contributed by atoms with Crippen LogP contribution in [0.3, 0.4) is 0 Å². The molecule has 1 fully saturated rings. The van der Waals surface area contributed by atoms with Crippen molar-refractivity contribution in [3.05, 3.63) is 60.4 Å². The molecule has 1 N–H and O–H groups in total. The quantitative estimate of drug-likeness (QED) is 0.552. The van der Waals surface area contributed by atoms with Crippen molar-refractivity contribution in [2.24, 2.45) is 5.92 Å². The Labute approximate surface area is 180 Å². The molecule has 0 saturated heterocycles. The van der Waals surface area contributed by atoms with Crippen molar-refractivity contribution >= 4 is 34.1 Å². The van der Waals surface area contributed by atoms with Crippen molar-refractivity contribution in [1.82, 2.24) is 15.0 Å². The smallest absolute Gasteiger partial charge is 0.243 e. The fraction of sp³-hybridized carbons (Fsp3) is 0.286. The number of hydrogen-bond acceptors (Lipinski definition) is 4. The Morgan fingerprint density at radius 3 is 2.57 bits per heavy atom. The van der Waals surface area contributed by atoms with E-state index in [1.54, 1.807) is 42.5 Å². The van der Waals surface area contributed by atoms with E-state index in [1.165, 1.54) is 10.7 Å². The lowest BCUT2D eigenvalue weighted by Crippen LogP contribution is -2.34. The maximum Gasteiger partial charge on any atom is 0.243 e. The first-order valence-electron chi connectivity index (χ1n) is 9.61. The Morgan fingerprint density at radius 2 is 1.90 bits per heavy atom. The number of aromatic nitrogens is 3. The summed E-state index contributed by atoms with van der Waals surface area (Å²) in [5, 5.41) is 10.2. The van der Waals surface area contributed by atoms with Gasteiger partial charge < -0.3 is 5.32 Å². The lowest BCUT2D eigenvalue weighted by molar-refractivity contribution is -0.117. The maximum absolute atomic E-state index is 14.4. The van der Waals surface area contributed by atoms with E-state index in [4.69, 9.17) is 11.6 Å². The van der Waals surface area contributed by atoms with Crippen LogP contribution in [0, 0.1) is 11.7 Å². The van der Waals surface area contributed by atoms with E-state index in [-0.39, 0.29) is 28.9 Å². The summed E-state index contributed by atoms with van der Waals surface area (Å²) < 4.78 is 28.5. The average Bonchev–Trinajstić information content (AvgIpc) is 3.09. The first-order chi connectivity index (χ1) is 14.5. The summed E-state index contributed by atoms with van der Waals surface area (Å²) in [6.45, 7) is 0. The Bertz CT molecular complexity index is 1070. The zero-order chi connectivity index (χ0) is 21.1. The Morgan fingerprint density at radius 1 is 1.20 bits per heavy atom. The van der Waals surface area contributed by atoms with Gasteiger partial charge in [0.05, 0.1) is 10.8 Å². The lowest BCUT2D eigenvalue weighted by atomic mass is 9.82. The van der Waals surface area contributed by atoms with Crippen LogP contribution < -0.4 is 5.32 Å². The minimum absolute atomic E-state index is 0.0442. The molecule has 2 unspecified atom stereocenters. The minimum Gasteiger partial charge on any atom is -0.308 e. The molecule has 3 aromatic rings. The molecule has 9 heteroatoms. The van der Waals surface area contributed by atoms with E-state index in [0.29, 0.717) is 4.90 Å². The first-order valence-corrected chi connectivity index (χ1v) is 11.4. The normalized spacial score (nSPS) is 15.9. The third-order valence-electron chi connectivity index (χ3n) is 5.17. The van der Waals surface area contributed by atoms with Crippen molar-refractivity contribution in [2.75, 3.05) is 5.32 Å². The van der Waals surface area contributed by atoms with Crippen molar-refractivity contribution in [3.63, 3.8) is 0 Å². The fourth-order valence-electron chi connectivity index (χ4n) is 3.25. The van der Waals surface area contributed by atoms with Crippen LogP contribution in [-0.2, 0) is 21.5 Å². The first kappa shape index (κ1) is 20.7. The second-order valence-corrected chi connectivity index (χ2v) is 9.03. The molecule has 2 atom stereocenters. The molecule has 1 aliphatic carbocycles. The van der Waals surface area contributed by atoms with Crippen LogP contribution in [0.15, 0.2) is 59.5 Å². The number of halogens is 2. The Balaban J connectivity index is 1.66. The number of nitrogens with one attached hydrogen (secondary N) is 1. The molecular formula is C21H20ClFN4O2S. The average molecular weight is 447 g/mol. The highest BCUT2D eigenvalue weighted by molar-refractivity contribution is 7.84. The van der Waals surface area contributed by atoms with E-state index in [1.807, 2.05) is 6.07 Å². The van der Waals surface area contributed by atoms with Gasteiger partial charge in [-0.05, 0) is 43.0 Å². The molecule has 0 spiro atoms. The van der Waals surface area contributed by atoms with Crippen LogP contribution in [0.2, 0.25) is 0 Å². The van der Waals surface area contributed by atoms with E-state index in [9.17, 15) is 13.4 Å². The number of amides is 1. The van der Waals surface area contributed by atoms with Crippen LogP contribution in [0.1, 0.15) is 19.3 Å². The summed E-state index contributed by atoms with van der Waals surface area (Å²) in [5.41, 5.74) is 0.364. The van der Waals surface area contributed by atoms with Gasteiger partial charge in [-0.2, -0.15) is 0 Å². The molecule has 0 aliphatic heterocycles. The third kappa shape index (κ3) is 4.29. The molecule has 1 aliphatic rings. The van der Waals surface area contributed by atoms with E-state index < -0.39 is 27.9 Å². The number of rotatable bonds is 7. The standard InChI is InChI=1S/C21H20ClFN4O2S/c22-18(14-7-6-8-14)21(28)24-20-19(16-11-4-5-12-17(16)23)25-26-27(20)13-30(29)15-9-2-1-3-10-15/h1-5,9-12,14,18H,6-8,13H2,(H,24,28). The molecule has 1 aromatic heterocycles. The van der Waals surface area contributed by atoms with Gasteiger partial charge in [-0.1, -0.05) is 42.0 Å². The van der Waals surface area contributed by atoms with E-state index >= 15 is 0 Å². The van der Waals surface area contributed by atoms with Crippen LogP contribution in [0.4, 0.5) is 10.2 Å². The van der Waals surface area contributed by atoms with Crippen molar-refractivity contribution in [2.45, 2.75) is 35.4 Å². The molecule has 4 rings (SSSR count). The second kappa shape index (κ2) is 9.06. The molecule has 30 heavy (non-hydrogen) atoms. The maximum atomic E-state index is 14.4. The molecule has 1 saturated carbocycles. The number of benzene rings is 2. The Hall–Kier alpha value is -2.58. The summed E-state index contributed by atoms with van der Waals surface area (Å²) in [6.07, 6.45) is 2.85. The van der Waals surface area contributed by atoms with Gasteiger partial charge in [0.15, 0.2) is 5.82 Å². The summed E-state index contributed by atoms with van der Waals surface area (Å²) in [6, 6.07) is 15.0. The number of nitrogens with zero attached hydrogens (tertiary/aromatic N) is 3. The summed E-state index contributed by atoms with van der Waals surface area (Å²) >= 11 is 6.34. The number of carbonyl (C=O) groups excluding carboxylic acids is 1. The zero-order valence-electron chi connectivity index (χ0n) is 16.0. The highest BCUT2D eigenvalue weighted by Crippen LogP contribution is 2.34. The van der Waals surface area contributed by atoms with Crippen molar-refractivity contribution in [3.8, 4) is 11.3 Å². The van der Waals surface area contributed by atoms with E-state index in [0.717, 1.165) is 19.3 Å². The monoisotopic (exact) mass is 446 g/mol. The lowest BCUT2D eigenvalue weighted by Gasteiger charge is -2.28. The van der Waals surface area contributed by atoms with Gasteiger partial charge in [-0.15, -0.1) is 16.7 Å². The molecule has 0 radical (unpaired) electrons. The van der Waals surface area contributed by atoms with Gasteiger partial charge in [0.25, 0.3) is 0 Å². The number of carbonyl (C=O) groups is 1. The number of anilines is 1. The fourth-order valence-corrected chi connectivity index (χ4v) is 4.57. The van der Waals surface area contributed by atoms with E-state index in [2.05, 4.69) is 15.6 Å². The predicted octanol–water partition coefficient (Wildman–Crippen LogP) is 4.20. The number of alkyl halides is 1. The highest BCUT2D eigenvalue weighted by atomic mass is 35.5. The third-order valence-corrected chi connectivity index (χ3v) is 7.00. The van der Waals surface area contributed by atoms with Crippen molar-refractivity contribution < 1.29 is 13.4 Å². The molecule has 6 nitrogen and oxygen atoms in total. The van der Waals surface area contributed by atoms with Crippen molar-refractivity contribution in [1.29, 1.82) is 0 Å². The molecule has 1 heterocycles. The zero-order valence-corrected chi connectivity index (χ0v) is 17.6. The molecule has 1 amide bonds. The van der Waals surface area contributed by atoms with Crippen LogP contribution >= 0.6 is 11.6 Å². The summed E-state index contributed by atoms with van der Waals surface area (Å²) in [7, 11) is -1.44. The predicted molar refractivity (Wildman–Crippen MR) is 114 cm³/mol. The molecular weight excluding hydrogens is 427 g/mol. The summed E-state index contributed by atoms with van der Waals surface area (Å²) in [5.74, 6) is -0.637. The topological polar surface area (TPSA) is 76.9 Å². The minimum atomic E-state index is -1.44.